The van der Waals surface area contributed by atoms with Crippen LogP contribution in [0, 0.1) is 11.3 Å². The molecule has 1 aliphatic heterocycles. The second-order valence-electron chi connectivity index (χ2n) is 5.26. The molecule has 4 heteroatoms. The van der Waals surface area contributed by atoms with Crippen LogP contribution in [0.1, 0.15) is 25.7 Å². The summed E-state index contributed by atoms with van der Waals surface area (Å²) >= 11 is 0. The highest BCUT2D eigenvalue weighted by molar-refractivity contribution is 5.66. The molecule has 1 saturated carbocycles. The molecule has 0 bridgehead atoms. The standard InChI is InChI=1S/C12H21NO3/c1-16-9-12-5-2-3-10(12)7-13(8-12)6-4-11(14)15/h10H,2-9H2,1H3,(H,14,15)/t10-,12+/m0/s1. The molecule has 2 aliphatic rings. The largest absolute Gasteiger partial charge is 0.481 e. The summed E-state index contributed by atoms with van der Waals surface area (Å²) in [6.07, 6.45) is 4.10. The number of hydrogen-bond donors (Lipinski definition) is 1. The second kappa shape index (κ2) is 4.72. The van der Waals surface area contributed by atoms with Crippen molar-refractivity contribution in [3.63, 3.8) is 0 Å². The number of carboxylic acid groups (broad SMARTS) is 1. The summed E-state index contributed by atoms with van der Waals surface area (Å²) in [6.45, 7) is 3.62. The van der Waals surface area contributed by atoms with Gasteiger partial charge in [-0.05, 0) is 18.8 Å². The normalized spacial score (nSPS) is 34.2. The van der Waals surface area contributed by atoms with Gasteiger partial charge in [0.05, 0.1) is 13.0 Å². The van der Waals surface area contributed by atoms with E-state index in [-0.39, 0.29) is 6.42 Å². The Morgan fingerprint density at radius 2 is 2.44 bits per heavy atom. The molecule has 1 heterocycles. The van der Waals surface area contributed by atoms with E-state index in [1.807, 2.05) is 0 Å². The molecule has 0 aromatic rings. The maximum absolute atomic E-state index is 10.6. The third kappa shape index (κ3) is 2.23. The number of fused-ring (bicyclic) bond motifs is 1. The third-order valence-electron chi connectivity index (χ3n) is 4.18. The van der Waals surface area contributed by atoms with Gasteiger partial charge in [-0.2, -0.15) is 0 Å². The number of ether oxygens (including phenoxy) is 1. The molecule has 0 spiro atoms. The molecule has 4 nitrogen and oxygen atoms in total. The predicted molar refractivity (Wildman–Crippen MR) is 60.3 cm³/mol. The smallest absolute Gasteiger partial charge is 0.304 e. The van der Waals surface area contributed by atoms with Gasteiger partial charge >= 0.3 is 5.97 Å². The van der Waals surface area contributed by atoms with Gasteiger partial charge in [0.15, 0.2) is 0 Å². The summed E-state index contributed by atoms with van der Waals surface area (Å²) in [5.74, 6) is 0.0269. The first-order valence-electron chi connectivity index (χ1n) is 6.09. The van der Waals surface area contributed by atoms with Gasteiger partial charge in [-0.3, -0.25) is 4.79 Å². The number of methoxy groups -OCH3 is 1. The van der Waals surface area contributed by atoms with E-state index in [1.165, 1.54) is 19.3 Å². The van der Waals surface area contributed by atoms with Gasteiger partial charge in [0.2, 0.25) is 0 Å². The number of hydrogen-bond acceptors (Lipinski definition) is 3. The first kappa shape index (κ1) is 11.9. The van der Waals surface area contributed by atoms with Gasteiger partial charge in [-0.15, -0.1) is 0 Å². The number of rotatable bonds is 5. The fourth-order valence-corrected chi connectivity index (χ4v) is 3.47. The van der Waals surface area contributed by atoms with E-state index >= 15 is 0 Å². The zero-order valence-electron chi connectivity index (χ0n) is 9.95. The lowest BCUT2D eigenvalue weighted by molar-refractivity contribution is -0.137. The lowest BCUT2D eigenvalue weighted by atomic mass is 9.82. The fourth-order valence-electron chi connectivity index (χ4n) is 3.47. The van der Waals surface area contributed by atoms with Crippen molar-refractivity contribution in [1.82, 2.24) is 4.90 Å². The van der Waals surface area contributed by atoms with Gasteiger partial charge in [-0.1, -0.05) is 6.42 Å². The molecule has 1 N–H and O–H groups in total. The number of carboxylic acids is 1. The third-order valence-corrected chi connectivity index (χ3v) is 4.18. The van der Waals surface area contributed by atoms with Gasteiger partial charge in [0.25, 0.3) is 0 Å². The van der Waals surface area contributed by atoms with Crippen molar-refractivity contribution >= 4 is 5.97 Å². The minimum atomic E-state index is -0.696. The fraction of sp³-hybridized carbons (Fsp3) is 0.917. The highest BCUT2D eigenvalue weighted by atomic mass is 16.5. The van der Waals surface area contributed by atoms with Crippen LogP contribution in [-0.2, 0) is 9.53 Å². The zero-order chi connectivity index (χ0) is 11.6. The van der Waals surface area contributed by atoms with Crippen molar-refractivity contribution in [2.45, 2.75) is 25.7 Å². The second-order valence-corrected chi connectivity index (χ2v) is 5.26. The van der Waals surface area contributed by atoms with Crippen LogP contribution in [0.15, 0.2) is 0 Å². The molecular formula is C12H21NO3. The van der Waals surface area contributed by atoms with Crippen LogP contribution in [0.4, 0.5) is 0 Å². The lowest BCUT2D eigenvalue weighted by Crippen LogP contribution is -2.32. The maximum atomic E-state index is 10.6. The Hall–Kier alpha value is -0.610. The highest BCUT2D eigenvalue weighted by Gasteiger charge is 2.49. The van der Waals surface area contributed by atoms with Gasteiger partial charge < -0.3 is 14.7 Å². The average molecular weight is 227 g/mol. The molecule has 0 aromatic heterocycles. The molecular weight excluding hydrogens is 206 g/mol. The Balaban J connectivity index is 1.91. The Morgan fingerprint density at radius 1 is 1.62 bits per heavy atom. The molecule has 92 valence electrons. The monoisotopic (exact) mass is 227 g/mol. The quantitative estimate of drug-likeness (QED) is 0.767. The Kier molecular flexibility index (Phi) is 3.50. The van der Waals surface area contributed by atoms with E-state index in [2.05, 4.69) is 4.90 Å². The summed E-state index contributed by atoms with van der Waals surface area (Å²) in [6, 6.07) is 0. The van der Waals surface area contributed by atoms with E-state index in [4.69, 9.17) is 9.84 Å². The molecule has 2 rings (SSSR count). The van der Waals surface area contributed by atoms with E-state index in [9.17, 15) is 4.79 Å². The average Bonchev–Trinajstić information content (AvgIpc) is 2.71. The SMILES string of the molecule is COC[C@]12CCC[C@H]1CN(CCC(=O)O)C2. The van der Waals surface area contributed by atoms with E-state index in [0.717, 1.165) is 25.6 Å². The van der Waals surface area contributed by atoms with Crippen LogP contribution in [-0.4, -0.2) is 49.3 Å². The zero-order valence-corrected chi connectivity index (χ0v) is 9.95. The highest BCUT2D eigenvalue weighted by Crippen LogP contribution is 2.48. The number of carbonyl (C=O) groups is 1. The van der Waals surface area contributed by atoms with Crippen LogP contribution < -0.4 is 0 Å². The van der Waals surface area contributed by atoms with Crippen molar-refractivity contribution in [1.29, 1.82) is 0 Å². The number of likely N-dealkylation sites (tertiary alicyclic amines) is 1. The van der Waals surface area contributed by atoms with Crippen molar-refractivity contribution in [3.05, 3.63) is 0 Å². The molecule has 0 aromatic carbocycles. The first-order chi connectivity index (χ1) is 7.66. The lowest BCUT2D eigenvalue weighted by Gasteiger charge is -2.27. The summed E-state index contributed by atoms with van der Waals surface area (Å²) in [7, 11) is 1.77. The van der Waals surface area contributed by atoms with Crippen molar-refractivity contribution in [2.24, 2.45) is 11.3 Å². The van der Waals surface area contributed by atoms with E-state index < -0.39 is 5.97 Å². The summed E-state index contributed by atoms with van der Waals surface area (Å²) in [4.78, 5) is 12.9. The first-order valence-corrected chi connectivity index (χ1v) is 6.09. The van der Waals surface area contributed by atoms with Crippen LogP contribution in [0.5, 0.6) is 0 Å². The topological polar surface area (TPSA) is 49.8 Å². The Bertz CT molecular complexity index is 269. The molecule has 1 aliphatic carbocycles. The minimum absolute atomic E-state index is 0.260. The molecule has 0 amide bonds. The summed E-state index contributed by atoms with van der Waals surface area (Å²) in [5.41, 5.74) is 0.327. The summed E-state index contributed by atoms with van der Waals surface area (Å²) < 4.78 is 5.36. The van der Waals surface area contributed by atoms with E-state index in [1.54, 1.807) is 7.11 Å². The van der Waals surface area contributed by atoms with Gasteiger partial charge in [-0.25, -0.2) is 0 Å². The Labute approximate surface area is 96.6 Å². The molecule has 2 atom stereocenters. The minimum Gasteiger partial charge on any atom is -0.481 e. The molecule has 16 heavy (non-hydrogen) atoms. The molecule has 0 radical (unpaired) electrons. The number of nitrogens with zero attached hydrogens (tertiary/aromatic N) is 1. The van der Waals surface area contributed by atoms with Crippen LogP contribution >= 0.6 is 0 Å². The van der Waals surface area contributed by atoms with E-state index in [0.29, 0.717) is 12.0 Å². The Morgan fingerprint density at radius 3 is 3.12 bits per heavy atom. The van der Waals surface area contributed by atoms with Crippen molar-refractivity contribution in [2.75, 3.05) is 33.4 Å². The van der Waals surface area contributed by atoms with Gasteiger partial charge in [0.1, 0.15) is 0 Å². The van der Waals surface area contributed by atoms with Crippen molar-refractivity contribution < 1.29 is 14.6 Å². The van der Waals surface area contributed by atoms with Gasteiger partial charge in [0, 0.05) is 32.2 Å². The van der Waals surface area contributed by atoms with Crippen LogP contribution in [0.2, 0.25) is 0 Å². The maximum Gasteiger partial charge on any atom is 0.304 e. The van der Waals surface area contributed by atoms with Crippen molar-refractivity contribution in [3.8, 4) is 0 Å². The molecule has 2 fully saturated rings. The molecule has 1 saturated heterocycles. The van der Waals surface area contributed by atoms with Crippen LogP contribution in [0.25, 0.3) is 0 Å². The predicted octanol–water partition coefficient (Wildman–Crippen LogP) is 1.21. The number of aliphatic carboxylic acids is 1. The summed E-state index contributed by atoms with van der Waals surface area (Å²) in [5, 5.41) is 8.69. The van der Waals surface area contributed by atoms with Crippen LogP contribution in [0.3, 0.4) is 0 Å². The molecule has 0 unspecified atom stereocenters.